The van der Waals surface area contributed by atoms with E-state index in [9.17, 15) is 9.59 Å². The van der Waals surface area contributed by atoms with Crippen molar-refractivity contribution in [2.45, 2.75) is 33.4 Å². The van der Waals surface area contributed by atoms with Crippen molar-refractivity contribution in [3.63, 3.8) is 0 Å². The second kappa shape index (κ2) is 6.39. The van der Waals surface area contributed by atoms with Crippen molar-refractivity contribution in [1.82, 2.24) is 4.57 Å². The van der Waals surface area contributed by atoms with Crippen LogP contribution >= 0.6 is 0 Å². The van der Waals surface area contributed by atoms with Crippen LogP contribution in [0, 0.1) is 0 Å². The van der Waals surface area contributed by atoms with Gasteiger partial charge in [0.15, 0.2) is 6.29 Å². The molecule has 0 saturated carbocycles. The number of carbonyl (C=O) groups is 1. The fourth-order valence-corrected chi connectivity index (χ4v) is 2.25. The molecule has 0 aliphatic carbocycles. The number of rotatable bonds is 5. The standard InChI is InChI=1S/C17H19NO3/c1-4-18-16(9-8-14(11-19)17(18)20)13-6-5-7-15(10-13)21-12(2)3/h5-12H,4H2,1-3H3. The van der Waals surface area contributed by atoms with Gasteiger partial charge in [-0.3, -0.25) is 9.59 Å². The molecule has 1 aromatic carbocycles. The first kappa shape index (κ1) is 15.0. The van der Waals surface area contributed by atoms with E-state index in [1.165, 1.54) is 0 Å². The Bertz CT molecular complexity index is 701. The van der Waals surface area contributed by atoms with Crippen LogP contribution in [0.5, 0.6) is 5.75 Å². The number of aromatic nitrogens is 1. The molecule has 0 radical (unpaired) electrons. The van der Waals surface area contributed by atoms with Gasteiger partial charge in [0.1, 0.15) is 5.75 Å². The fraction of sp³-hybridized carbons (Fsp3) is 0.294. The summed E-state index contributed by atoms with van der Waals surface area (Å²) in [6.45, 7) is 6.32. The number of hydrogen-bond donors (Lipinski definition) is 0. The summed E-state index contributed by atoms with van der Waals surface area (Å²) < 4.78 is 7.28. The Hall–Kier alpha value is -2.36. The summed E-state index contributed by atoms with van der Waals surface area (Å²) in [6.07, 6.45) is 0.683. The Morgan fingerprint density at radius 2 is 2.00 bits per heavy atom. The molecule has 2 aromatic rings. The number of benzene rings is 1. The van der Waals surface area contributed by atoms with Gasteiger partial charge in [0.25, 0.3) is 5.56 Å². The molecular weight excluding hydrogens is 266 g/mol. The Kier molecular flexibility index (Phi) is 4.58. The number of pyridine rings is 1. The molecule has 0 N–H and O–H groups in total. The van der Waals surface area contributed by atoms with Gasteiger partial charge in [-0.25, -0.2) is 0 Å². The summed E-state index contributed by atoms with van der Waals surface area (Å²) in [5.41, 5.74) is 1.59. The minimum absolute atomic E-state index is 0.0889. The number of hydrogen-bond acceptors (Lipinski definition) is 3. The van der Waals surface area contributed by atoms with E-state index >= 15 is 0 Å². The van der Waals surface area contributed by atoms with Gasteiger partial charge in [0, 0.05) is 12.1 Å². The van der Waals surface area contributed by atoms with E-state index in [4.69, 9.17) is 4.74 Å². The predicted molar refractivity (Wildman–Crippen MR) is 83.0 cm³/mol. The number of carbonyl (C=O) groups excluding carboxylic acids is 1. The molecule has 1 aromatic heterocycles. The molecule has 2 rings (SSSR count). The van der Waals surface area contributed by atoms with Crippen molar-refractivity contribution in [3.8, 4) is 17.0 Å². The normalized spacial score (nSPS) is 10.7. The third-order valence-corrected chi connectivity index (χ3v) is 3.15. The number of ether oxygens (including phenoxy) is 1. The van der Waals surface area contributed by atoms with Crippen LogP contribution < -0.4 is 10.3 Å². The molecule has 0 fully saturated rings. The molecule has 0 saturated heterocycles. The minimum atomic E-state index is -0.264. The van der Waals surface area contributed by atoms with Crippen molar-refractivity contribution in [2.75, 3.05) is 0 Å². The van der Waals surface area contributed by atoms with E-state index in [0.29, 0.717) is 12.8 Å². The van der Waals surface area contributed by atoms with Gasteiger partial charge in [-0.2, -0.15) is 0 Å². The zero-order valence-electron chi connectivity index (χ0n) is 12.5. The third-order valence-electron chi connectivity index (χ3n) is 3.15. The molecule has 0 bridgehead atoms. The van der Waals surface area contributed by atoms with Gasteiger partial charge in [-0.1, -0.05) is 12.1 Å². The van der Waals surface area contributed by atoms with Gasteiger partial charge in [0.2, 0.25) is 0 Å². The lowest BCUT2D eigenvalue weighted by atomic mass is 10.1. The van der Waals surface area contributed by atoms with Crippen LogP contribution in [-0.4, -0.2) is 17.0 Å². The highest BCUT2D eigenvalue weighted by molar-refractivity contribution is 5.75. The zero-order valence-corrected chi connectivity index (χ0v) is 12.5. The predicted octanol–water partition coefficient (Wildman–Crippen LogP) is 3.13. The highest BCUT2D eigenvalue weighted by Crippen LogP contribution is 2.24. The molecule has 1 heterocycles. The first-order chi connectivity index (χ1) is 10.1. The van der Waals surface area contributed by atoms with Crippen molar-refractivity contribution in [2.24, 2.45) is 0 Å². The third kappa shape index (κ3) is 3.21. The quantitative estimate of drug-likeness (QED) is 0.793. The summed E-state index contributed by atoms with van der Waals surface area (Å²) in [4.78, 5) is 23.1. The molecule has 0 unspecified atom stereocenters. The maximum Gasteiger partial charge on any atom is 0.261 e. The first-order valence-electron chi connectivity index (χ1n) is 7.03. The number of aldehydes is 1. The Morgan fingerprint density at radius 1 is 1.24 bits per heavy atom. The van der Waals surface area contributed by atoms with E-state index in [0.717, 1.165) is 17.0 Å². The molecule has 110 valence electrons. The van der Waals surface area contributed by atoms with E-state index < -0.39 is 0 Å². The second-order valence-electron chi connectivity index (χ2n) is 5.04. The molecule has 4 heteroatoms. The van der Waals surface area contributed by atoms with Crippen molar-refractivity contribution >= 4 is 6.29 Å². The fourth-order valence-electron chi connectivity index (χ4n) is 2.25. The Balaban J connectivity index is 2.54. The van der Waals surface area contributed by atoms with Crippen LogP contribution in [0.1, 0.15) is 31.1 Å². The molecular formula is C17H19NO3. The van der Waals surface area contributed by atoms with E-state index in [1.54, 1.807) is 16.7 Å². The lowest BCUT2D eigenvalue weighted by molar-refractivity contribution is 0.112. The van der Waals surface area contributed by atoms with Crippen LogP contribution in [0.2, 0.25) is 0 Å². The average Bonchev–Trinajstić information content (AvgIpc) is 2.46. The second-order valence-corrected chi connectivity index (χ2v) is 5.04. The van der Waals surface area contributed by atoms with Crippen molar-refractivity contribution in [3.05, 3.63) is 52.3 Å². The molecule has 0 aliphatic rings. The minimum Gasteiger partial charge on any atom is -0.491 e. The SMILES string of the molecule is CCn1c(-c2cccc(OC(C)C)c2)ccc(C=O)c1=O. The van der Waals surface area contributed by atoms with Gasteiger partial charge in [-0.05, 0) is 45.0 Å². The molecule has 0 atom stereocenters. The molecule has 0 amide bonds. The molecule has 0 aliphatic heterocycles. The van der Waals surface area contributed by atoms with Crippen molar-refractivity contribution < 1.29 is 9.53 Å². The van der Waals surface area contributed by atoms with Crippen LogP contribution in [0.3, 0.4) is 0 Å². The summed E-state index contributed by atoms with van der Waals surface area (Å²) >= 11 is 0. The van der Waals surface area contributed by atoms with Crippen molar-refractivity contribution in [1.29, 1.82) is 0 Å². The Labute approximate surface area is 124 Å². The first-order valence-corrected chi connectivity index (χ1v) is 7.03. The maximum atomic E-state index is 12.2. The summed E-state index contributed by atoms with van der Waals surface area (Å²) in [5.74, 6) is 0.761. The zero-order chi connectivity index (χ0) is 15.4. The Morgan fingerprint density at radius 3 is 2.62 bits per heavy atom. The van der Waals surface area contributed by atoms with Crippen LogP contribution in [0.15, 0.2) is 41.2 Å². The largest absolute Gasteiger partial charge is 0.491 e. The lowest BCUT2D eigenvalue weighted by Crippen LogP contribution is -2.24. The number of nitrogens with zero attached hydrogens (tertiary/aromatic N) is 1. The van der Waals surface area contributed by atoms with Gasteiger partial charge < -0.3 is 9.30 Å². The summed E-state index contributed by atoms with van der Waals surface area (Å²) in [7, 11) is 0. The van der Waals surface area contributed by atoms with Gasteiger partial charge >= 0.3 is 0 Å². The van der Waals surface area contributed by atoms with E-state index in [-0.39, 0.29) is 17.2 Å². The highest BCUT2D eigenvalue weighted by Gasteiger charge is 2.10. The monoisotopic (exact) mass is 285 g/mol. The van der Waals surface area contributed by atoms with E-state index in [2.05, 4.69) is 0 Å². The van der Waals surface area contributed by atoms with E-state index in [1.807, 2.05) is 45.0 Å². The topological polar surface area (TPSA) is 48.3 Å². The molecule has 0 spiro atoms. The van der Waals surface area contributed by atoms with Crippen LogP contribution in [0.25, 0.3) is 11.3 Å². The molecule has 21 heavy (non-hydrogen) atoms. The molecule has 4 nitrogen and oxygen atoms in total. The van der Waals surface area contributed by atoms with Gasteiger partial charge in [0.05, 0.1) is 17.4 Å². The van der Waals surface area contributed by atoms with Crippen LogP contribution in [0.4, 0.5) is 0 Å². The summed E-state index contributed by atoms with van der Waals surface area (Å²) in [5, 5.41) is 0. The average molecular weight is 285 g/mol. The lowest BCUT2D eigenvalue weighted by Gasteiger charge is -2.14. The van der Waals surface area contributed by atoms with Gasteiger partial charge in [-0.15, -0.1) is 0 Å². The van der Waals surface area contributed by atoms with Crippen LogP contribution in [-0.2, 0) is 6.54 Å². The summed E-state index contributed by atoms with van der Waals surface area (Å²) in [6, 6.07) is 11.0. The highest BCUT2D eigenvalue weighted by atomic mass is 16.5. The maximum absolute atomic E-state index is 12.2. The smallest absolute Gasteiger partial charge is 0.261 e.